The van der Waals surface area contributed by atoms with Gasteiger partial charge in [0.1, 0.15) is 11.6 Å². The summed E-state index contributed by atoms with van der Waals surface area (Å²) >= 11 is 0. The topological polar surface area (TPSA) is 69.4 Å². The second-order valence-corrected chi connectivity index (χ2v) is 4.56. The standard InChI is InChI=1S/C16H10FNO4/c1-9(19)21-14-5-3-2-4-11(14)15-18-13-7-6-10(17)8-12(13)16(20)22-15/h2-8H,1H3. The number of carbonyl (C=O) groups is 1. The smallest absolute Gasteiger partial charge is 0.347 e. The van der Waals surface area contributed by atoms with Crippen LogP contribution in [0.3, 0.4) is 0 Å². The van der Waals surface area contributed by atoms with Crippen molar-refractivity contribution in [1.29, 1.82) is 0 Å². The molecule has 5 nitrogen and oxygen atoms in total. The molecule has 0 aliphatic carbocycles. The molecule has 0 spiro atoms. The first-order valence-corrected chi connectivity index (χ1v) is 6.43. The lowest BCUT2D eigenvalue weighted by molar-refractivity contribution is -0.131. The largest absolute Gasteiger partial charge is 0.426 e. The highest BCUT2D eigenvalue weighted by Gasteiger charge is 2.14. The second-order valence-electron chi connectivity index (χ2n) is 4.56. The Morgan fingerprint density at radius 1 is 1.23 bits per heavy atom. The van der Waals surface area contributed by atoms with Crippen molar-refractivity contribution in [3.05, 3.63) is 58.7 Å². The number of aromatic nitrogens is 1. The highest BCUT2D eigenvalue weighted by atomic mass is 19.1. The zero-order valence-corrected chi connectivity index (χ0v) is 11.5. The minimum Gasteiger partial charge on any atom is -0.426 e. The third-order valence-corrected chi connectivity index (χ3v) is 2.96. The molecular formula is C16H10FNO4. The second kappa shape index (κ2) is 5.40. The third-order valence-electron chi connectivity index (χ3n) is 2.96. The van der Waals surface area contributed by atoms with E-state index in [9.17, 15) is 14.0 Å². The lowest BCUT2D eigenvalue weighted by Crippen LogP contribution is -2.06. The summed E-state index contributed by atoms with van der Waals surface area (Å²) in [5, 5.41) is 0.0497. The Hall–Kier alpha value is -3.02. The fraction of sp³-hybridized carbons (Fsp3) is 0.0625. The molecular weight excluding hydrogens is 289 g/mol. The molecule has 0 atom stereocenters. The van der Waals surface area contributed by atoms with Crippen LogP contribution in [-0.4, -0.2) is 11.0 Å². The van der Waals surface area contributed by atoms with Crippen molar-refractivity contribution in [3.63, 3.8) is 0 Å². The number of hydrogen-bond acceptors (Lipinski definition) is 5. The fourth-order valence-corrected chi connectivity index (χ4v) is 2.05. The minimum absolute atomic E-state index is 0.000887. The summed E-state index contributed by atoms with van der Waals surface area (Å²) in [6.07, 6.45) is 0. The number of halogens is 1. The Kier molecular flexibility index (Phi) is 3.42. The maximum absolute atomic E-state index is 13.2. The quantitative estimate of drug-likeness (QED) is 0.537. The SMILES string of the molecule is CC(=O)Oc1ccccc1-c1nc2ccc(F)cc2c(=O)o1. The summed E-state index contributed by atoms with van der Waals surface area (Å²) in [4.78, 5) is 27.3. The van der Waals surface area contributed by atoms with E-state index in [0.29, 0.717) is 11.1 Å². The molecule has 1 aromatic heterocycles. The number of ether oxygens (including phenoxy) is 1. The van der Waals surface area contributed by atoms with E-state index >= 15 is 0 Å². The zero-order chi connectivity index (χ0) is 15.7. The van der Waals surface area contributed by atoms with E-state index in [0.717, 1.165) is 6.07 Å². The first-order chi connectivity index (χ1) is 10.5. The van der Waals surface area contributed by atoms with Gasteiger partial charge in [-0.3, -0.25) is 4.79 Å². The van der Waals surface area contributed by atoms with E-state index in [1.54, 1.807) is 24.3 Å². The highest BCUT2D eigenvalue weighted by Crippen LogP contribution is 2.28. The van der Waals surface area contributed by atoms with Crippen LogP contribution in [0.25, 0.3) is 22.4 Å². The van der Waals surface area contributed by atoms with Crippen LogP contribution in [0, 0.1) is 5.82 Å². The molecule has 0 saturated carbocycles. The lowest BCUT2D eigenvalue weighted by atomic mass is 10.2. The number of fused-ring (bicyclic) bond motifs is 1. The molecule has 2 aromatic carbocycles. The van der Waals surface area contributed by atoms with Gasteiger partial charge in [0.25, 0.3) is 0 Å². The molecule has 0 unspecified atom stereocenters. The van der Waals surface area contributed by atoms with Gasteiger partial charge in [-0.1, -0.05) is 12.1 Å². The normalized spacial score (nSPS) is 10.6. The molecule has 110 valence electrons. The zero-order valence-electron chi connectivity index (χ0n) is 11.5. The molecule has 0 fully saturated rings. The van der Waals surface area contributed by atoms with Crippen LogP contribution in [0.5, 0.6) is 5.75 Å². The van der Waals surface area contributed by atoms with Gasteiger partial charge in [0.15, 0.2) is 0 Å². The summed E-state index contributed by atoms with van der Waals surface area (Å²) in [5.74, 6) is -0.819. The van der Waals surface area contributed by atoms with Crippen molar-refractivity contribution in [2.24, 2.45) is 0 Å². The first kappa shape index (κ1) is 13.9. The first-order valence-electron chi connectivity index (χ1n) is 6.43. The molecule has 0 bridgehead atoms. The maximum Gasteiger partial charge on any atom is 0.347 e. The molecule has 6 heteroatoms. The molecule has 3 rings (SSSR count). The van der Waals surface area contributed by atoms with Crippen molar-refractivity contribution in [3.8, 4) is 17.2 Å². The van der Waals surface area contributed by atoms with Gasteiger partial charge in [0.2, 0.25) is 5.89 Å². The van der Waals surface area contributed by atoms with E-state index in [1.807, 2.05) is 0 Å². The Bertz CT molecular complexity index is 933. The van der Waals surface area contributed by atoms with Gasteiger partial charge in [-0.25, -0.2) is 14.2 Å². The van der Waals surface area contributed by atoms with Crippen molar-refractivity contribution >= 4 is 16.9 Å². The Morgan fingerprint density at radius 3 is 2.77 bits per heavy atom. The molecule has 0 aliphatic rings. The Labute approximate surface area is 124 Å². The number of rotatable bonds is 2. The molecule has 0 saturated heterocycles. The van der Waals surface area contributed by atoms with Gasteiger partial charge in [-0.05, 0) is 30.3 Å². The van der Waals surface area contributed by atoms with E-state index in [2.05, 4.69) is 4.98 Å². The van der Waals surface area contributed by atoms with E-state index < -0.39 is 17.4 Å². The number of nitrogens with zero attached hydrogens (tertiary/aromatic N) is 1. The summed E-state index contributed by atoms with van der Waals surface area (Å²) in [5.41, 5.74) is -0.0524. The lowest BCUT2D eigenvalue weighted by Gasteiger charge is -2.07. The average molecular weight is 299 g/mol. The van der Waals surface area contributed by atoms with E-state index in [1.165, 1.54) is 19.1 Å². The Morgan fingerprint density at radius 2 is 2.00 bits per heavy atom. The van der Waals surface area contributed by atoms with Crippen LogP contribution in [0.4, 0.5) is 4.39 Å². The summed E-state index contributed by atoms with van der Waals surface area (Å²) < 4.78 is 23.4. The van der Waals surface area contributed by atoms with Crippen LogP contribution in [-0.2, 0) is 4.79 Å². The van der Waals surface area contributed by atoms with Crippen LogP contribution in [0.1, 0.15) is 6.92 Å². The van der Waals surface area contributed by atoms with Gasteiger partial charge < -0.3 is 9.15 Å². The molecule has 22 heavy (non-hydrogen) atoms. The third kappa shape index (κ3) is 2.58. The van der Waals surface area contributed by atoms with Gasteiger partial charge >= 0.3 is 11.6 Å². The molecule has 3 aromatic rings. The van der Waals surface area contributed by atoms with Crippen molar-refractivity contribution in [2.45, 2.75) is 6.92 Å². The monoisotopic (exact) mass is 299 g/mol. The molecule has 0 amide bonds. The summed E-state index contributed by atoms with van der Waals surface area (Å²) in [6.45, 7) is 1.27. The fourth-order valence-electron chi connectivity index (χ4n) is 2.05. The van der Waals surface area contributed by atoms with Crippen LogP contribution in [0.15, 0.2) is 51.7 Å². The Balaban J connectivity index is 2.21. The van der Waals surface area contributed by atoms with Crippen LogP contribution >= 0.6 is 0 Å². The van der Waals surface area contributed by atoms with E-state index in [4.69, 9.17) is 9.15 Å². The number of carbonyl (C=O) groups excluding carboxylic acids is 1. The van der Waals surface area contributed by atoms with Crippen molar-refractivity contribution in [1.82, 2.24) is 4.98 Å². The predicted molar refractivity (Wildman–Crippen MR) is 77.0 cm³/mol. The van der Waals surface area contributed by atoms with Crippen molar-refractivity contribution in [2.75, 3.05) is 0 Å². The van der Waals surface area contributed by atoms with Gasteiger partial charge in [0.05, 0.1) is 16.5 Å². The predicted octanol–water partition coefficient (Wildman–Crippen LogP) is 2.92. The number of hydrogen-bond donors (Lipinski definition) is 0. The molecule has 0 N–H and O–H groups in total. The van der Waals surface area contributed by atoms with Gasteiger partial charge in [0, 0.05) is 6.92 Å². The number of para-hydroxylation sites is 1. The summed E-state index contributed by atoms with van der Waals surface area (Å²) in [7, 11) is 0. The number of benzene rings is 2. The average Bonchev–Trinajstić information content (AvgIpc) is 2.48. The minimum atomic E-state index is -0.711. The number of esters is 1. The van der Waals surface area contributed by atoms with E-state index in [-0.39, 0.29) is 17.0 Å². The molecule has 1 heterocycles. The summed E-state index contributed by atoms with van der Waals surface area (Å²) in [6, 6.07) is 10.2. The van der Waals surface area contributed by atoms with Crippen molar-refractivity contribution < 1.29 is 18.3 Å². The molecule has 0 radical (unpaired) electrons. The van der Waals surface area contributed by atoms with Crippen LogP contribution < -0.4 is 10.4 Å². The molecule has 0 aliphatic heterocycles. The van der Waals surface area contributed by atoms with Gasteiger partial charge in [-0.15, -0.1) is 0 Å². The van der Waals surface area contributed by atoms with Crippen LogP contribution in [0.2, 0.25) is 0 Å². The maximum atomic E-state index is 13.2. The van der Waals surface area contributed by atoms with Gasteiger partial charge in [-0.2, -0.15) is 0 Å². The highest BCUT2D eigenvalue weighted by molar-refractivity contribution is 5.80.